The van der Waals surface area contributed by atoms with Crippen molar-refractivity contribution in [2.45, 2.75) is 45.1 Å². The van der Waals surface area contributed by atoms with Crippen molar-refractivity contribution in [3.8, 4) is 0 Å². The molecule has 0 aliphatic carbocycles. The number of guanidine groups is 1. The van der Waals surface area contributed by atoms with Crippen molar-refractivity contribution < 1.29 is 28.7 Å². The summed E-state index contributed by atoms with van der Waals surface area (Å²) < 4.78 is 5.20. The van der Waals surface area contributed by atoms with Crippen LogP contribution in [0.3, 0.4) is 0 Å². The summed E-state index contributed by atoms with van der Waals surface area (Å²) in [6.45, 7) is 1.62. The Hall–Kier alpha value is -4.13. The lowest BCUT2D eigenvalue weighted by Gasteiger charge is -2.19. The maximum absolute atomic E-state index is 12.9. The van der Waals surface area contributed by atoms with Crippen LogP contribution in [0.5, 0.6) is 0 Å². The molecule has 1 aromatic carbocycles. The maximum Gasteiger partial charge on any atom is 0.336 e. The summed E-state index contributed by atoms with van der Waals surface area (Å²) in [5.41, 5.74) is 11.5. The van der Waals surface area contributed by atoms with Crippen LogP contribution in [0.2, 0.25) is 0 Å². The number of anilines is 1. The molecule has 1 atom stereocenters. The van der Waals surface area contributed by atoms with Crippen molar-refractivity contribution >= 4 is 58.7 Å². The number of hydrogen-bond donors (Lipinski definition) is 6. The van der Waals surface area contributed by atoms with E-state index >= 15 is 0 Å². The summed E-state index contributed by atoms with van der Waals surface area (Å²) in [4.78, 5) is 63.2. The molecule has 0 radical (unpaired) electrons. The Morgan fingerprint density at radius 2 is 1.81 bits per heavy atom. The van der Waals surface area contributed by atoms with Gasteiger partial charge in [0.2, 0.25) is 17.7 Å². The highest BCUT2D eigenvalue weighted by atomic mass is 35.5. The molecule has 1 heterocycles. The van der Waals surface area contributed by atoms with Gasteiger partial charge in [-0.2, -0.15) is 0 Å². The SMILES string of the molecule is Cc1cc(=O)oc2cc(NC(=O)[C@@H](CCCN=C(N)N)NC(=O)CNC(=O)CCCC(=O)O)ccc12.Cl. The lowest BCUT2D eigenvalue weighted by atomic mass is 10.1. The second-order valence-corrected chi connectivity index (χ2v) is 8.04. The number of halogens is 1. The van der Waals surface area contributed by atoms with Crippen molar-refractivity contribution in [2.24, 2.45) is 16.5 Å². The third-order valence-electron chi connectivity index (χ3n) is 5.06. The van der Waals surface area contributed by atoms with Gasteiger partial charge in [-0.25, -0.2) is 4.79 Å². The minimum Gasteiger partial charge on any atom is -0.481 e. The minimum absolute atomic E-state index is 0. The first-order valence-corrected chi connectivity index (χ1v) is 11.2. The predicted octanol–water partition coefficient (Wildman–Crippen LogP) is 0.371. The second kappa shape index (κ2) is 15.1. The molecule has 0 aliphatic heterocycles. The predicted molar refractivity (Wildman–Crippen MR) is 139 cm³/mol. The van der Waals surface area contributed by atoms with Crippen LogP contribution in [0.4, 0.5) is 5.69 Å². The van der Waals surface area contributed by atoms with Gasteiger partial charge >= 0.3 is 11.6 Å². The molecule has 0 fully saturated rings. The van der Waals surface area contributed by atoms with Crippen LogP contribution in [0.15, 0.2) is 38.5 Å². The van der Waals surface area contributed by atoms with Crippen molar-refractivity contribution in [2.75, 3.05) is 18.4 Å². The average molecular weight is 539 g/mol. The zero-order chi connectivity index (χ0) is 26.7. The summed E-state index contributed by atoms with van der Waals surface area (Å²) in [7, 11) is 0. The Morgan fingerprint density at radius 3 is 2.49 bits per heavy atom. The Labute approximate surface area is 218 Å². The fourth-order valence-electron chi connectivity index (χ4n) is 3.32. The number of carbonyl (C=O) groups is 4. The van der Waals surface area contributed by atoms with Crippen molar-refractivity contribution in [1.82, 2.24) is 10.6 Å². The summed E-state index contributed by atoms with van der Waals surface area (Å²) in [5.74, 6) is -2.73. The number of nitrogens with one attached hydrogen (secondary N) is 3. The average Bonchev–Trinajstić information content (AvgIpc) is 2.78. The number of nitrogens with zero attached hydrogens (tertiary/aromatic N) is 1. The number of nitrogens with two attached hydrogens (primary N) is 2. The summed E-state index contributed by atoms with van der Waals surface area (Å²) >= 11 is 0. The maximum atomic E-state index is 12.9. The molecule has 1 aromatic heterocycles. The van der Waals surface area contributed by atoms with Gasteiger partial charge in [-0.15, -0.1) is 12.4 Å². The van der Waals surface area contributed by atoms with Gasteiger partial charge in [0.25, 0.3) is 0 Å². The fourth-order valence-corrected chi connectivity index (χ4v) is 3.32. The van der Waals surface area contributed by atoms with E-state index in [1.165, 1.54) is 12.1 Å². The van der Waals surface area contributed by atoms with E-state index in [1.54, 1.807) is 19.1 Å². The van der Waals surface area contributed by atoms with Crippen LogP contribution < -0.4 is 33.0 Å². The van der Waals surface area contributed by atoms with Gasteiger partial charge in [0.15, 0.2) is 5.96 Å². The number of carbonyl (C=O) groups excluding carboxylic acids is 3. The first-order chi connectivity index (χ1) is 17.0. The number of carboxylic acid groups (broad SMARTS) is 1. The number of aliphatic imine (C=N–C) groups is 1. The number of benzene rings is 1. The number of aliphatic carboxylic acids is 1. The smallest absolute Gasteiger partial charge is 0.336 e. The fraction of sp³-hybridized carbons (Fsp3) is 0.391. The van der Waals surface area contributed by atoms with Gasteiger partial charge < -0.3 is 36.9 Å². The molecule has 3 amide bonds. The molecule has 8 N–H and O–H groups in total. The normalized spacial score (nSPS) is 11.1. The summed E-state index contributed by atoms with van der Waals surface area (Å²) in [6.07, 6.45) is 0.519. The summed E-state index contributed by atoms with van der Waals surface area (Å²) in [6, 6.07) is 5.25. The van der Waals surface area contributed by atoms with Gasteiger partial charge in [0.05, 0.1) is 6.54 Å². The standard InChI is InChI=1S/C23H30N6O7.ClH/c1-13-10-21(34)36-17-11-14(7-8-15(13)17)28-22(35)16(4-3-9-26-23(24)25)29-19(31)12-27-18(30)5-2-6-20(32)33;/h7-8,10-11,16H,2-6,9,12H2,1H3,(H,27,30)(H,28,35)(H,29,31)(H,32,33)(H4,24,25,26);1H/t16-;/m1./s1. The van der Waals surface area contributed by atoms with Gasteiger partial charge in [-0.05, 0) is 43.9 Å². The van der Waals surface area contributed by atoms with Crippen LogP contribution in [0.1, 0.15) is 37.7 Å². The molecule has 2 rings (SSSR count). The Kier molecular flexibility index (Phi) is 12.6. The zero-order valence-corrected chi connectivity index (χ0v) is 21.1. The number of amides is 3. The van der Waals surface area contributed by atoms with E-state index in [-0.39, 0.29) is 57.1 Å². The molecule has 0 unspecified atom stereocenters. The van der Waals surface area contributed by atoms with Crippen LogP contribution in [-0.4, -0.2) is 53.9 Å². The first kappa shape index (κ1) is 30.9. The molecule has 2 aromatic rings. The Bertz CT molecular complexity index is 1210. The van der Waals surface area contributed by atoms with Gasteiger partial charge in [0.1, 0.15) is 11.6 Å². The Morgan fingerprint density at radius 1 is 1.08 bits per heavy atom. The topological polar surface area (TPSA) is 219 Å². The number of aryl methyl sites for hydroxylation is 1. The minimum atomic E-state index is -1.01. The number of fused-ring (bicyclic) bond motifs is 1. The lowest BCUT2D eigenvalue weighted by molar-refractivity contribution is -0.137. The largest absolute Gasteiger partial charge is 0.481 e. The molecule has 0 saturated carbocycles. The Balaban J connectivity index is 0.00000684. The molecule has 37 heavy (non-hydrogen) atoms. The number of rotatable bonds is 13. The van der Waals surface area contributed by atoms with E-state index in [0.29, 0.717) is 23.1 Å². The van der Waals surface area contributed by atoms with Crippen LogP contribution in [0, 0.1) is 6.92 Å². The monoisotopic (exact) mass is 538 g/mol. The first-order valence-electron chi connectivity index (χ1n) is 11.2. The molecule has 0 saturated heterocycles. The third-order valence-corrected chi connectivity index (χ3v) is 5.06. The van der Waals surface area contributed by atoms with E-state index in [4.69, 9.17) is 21.0 Å². The van der Waals surface area contributed by atoms with Crippen molar-refractivity contribution in [1.29, 1.82) is 0 Å². The quantitative estimate of drug-likeness (QED) is 0.0895. The van der Waals surface area contributed by atoms with E-state index in [1.807, 2.05) is 0 Å². The molecule has 13 nitrogen and oxygen atoms in total. The van der Waals surface area contributed by atoms with Crippen molar-refractivity contribution in [3.63, 3.8) is 0 Å². The highest BCUT2D eigenvalue weighted by Gasteiger charge is 2.21. The van der Waals surface area contributed by atoms with E-state index in [0.717, 1.165) is 5.56 Å². The van der Waals surface area contributed by atoms with E-state index in [2.05, 4.69) is 20.9 Å². The van der Waals surface area contributed by atoms with Gasteiger partial charge in [-0.1, -0.05) is 0 Å². The molecule has 0 aliphatic rings. The second-order valence-electron chi connectivity index (χ2n) is 8.04. The molecule has 0 spiro atoms. The highest BCUT2D eigenvalue weighted by Crippen LogP contribution is 2.21. The van der Waals surface area contributed by atoms with Gasteiger partial charge in [0, 0.05) is 42.6 Å². The lowest BCUT2D eigenvalue weighted by Crippen LogP contribution is -2.47. The molecule has 0 bridgehead atoms. The third kappa shape index (κ3) is 11.0. The van der Waals surface area contributed by atoms with E-state index in [9.17, 15) is 24.0 Å². The van der Waals surface area contributed by atoms with Crippen molar-refractivity contribution in [3.05, 3.63) is 40.2 Å². The molecular formula is C23H31ClN6O7. The number of hydrogen-bond acceptors (Lipinski definition) is 7. The van der Waals surface area contributed by atoms with Crippen LogP contribution >= 0.6 is 12.4 Å². The molecule has 202 valence electrons. The van der Waals surface area contributed by atoms with Crippen LogP contribution in [0.25, 0.3) is 11.0 Å². The molecular weight excluding hydrogens is 508 g/mol. The van der Waals surface area contributed by atoms with Gasteiger partial charge in [-0.3, -0.25) is 24.2 Å². The molecule has 14 heteroatoms. The van der Waals surface area contributed by atoms with Crippen LogP contribution in [-0.2, 0) is 19.2 Å². The highest BCUT2D eigenvalue weighted by molar-refractivity contribution is 5.99. The van der Waals surface area contributed by atoms with E-state index < -0.39 is 35.4 Å². The number of carboxylic acids is 1. The summed E-state index contributed by atoms with van der Waals surface area (Å²) in [5, 5.41) is 17.0. The zero-order valence-electron chi connectivity index (χ0n) is 20.2.